The van der Waals surface area contributed by atoms with E-state index in [1.807, 2.05) is 11.8 Å². The van der Waals surface area contributed by atoms with Crippen LogP contribution >= 0.6 is 23.1 Å². The number of aromatic nitrogens is 2. The molecule has 1 saturated heterocycles. The number of carbonyl (C=O) groups excluding carboxylic acids is 2. The fourth-order valence-corrected chi connectivity index (χ4v) is 5.74. The van der Waals surface area contributed by atoms with Gasteiger partial charge in [0.1, 0.15) is 5.01 Å². The first-order chi connectivity index (χ1) is 13.1. The van der Waals surface area contributed by atoms with E-state index in [0.29, 0.717) is 31.8 Å². The second-order valence-electron chi connectivity index (χ2n) is 7.62. The average molecular weight is 411 g/mol. The molecule has 2 fully saturated rings. The number of hydrogen-bond acceptors (Lipinski definition) is 6. The van der Waals surface area contributed by atoms with Gasteiger partial charge in [-0.2, -0.15) is 0 Å². The molecule has 6 nitrogen and oxygen atoms in total. The summed E-state index contributed by atoms with van der Waals surface area (Å²) < 4.78 is 0.989. The highest BCUT2D eigenvalue weighted by Gasteiger charge is 2.31. The van der Waals surface area contributed by atoms with Gasteiger partial charge in [0.2, 0.25) is 11.8 Å². The van der Waals surface area contributed by atoms with Crippen LogP contribution in [0.5, 0.6) is 0 Å². The van der Waals surface area contributed by atoms with Crippen LogP contribution in [0.1, 0.15) is 56.4 Å². The van der Waals surface area contributed by atoms with Crippen molar-refractivity contribution in [1.29, 1.82) is 0 Å². The Morgan fingerprint density at radius 2 is 2.07 bits per heavy atom. The van der Waals surface area contributed by atoms with E-state index in [2.05, 4.69) is 15.5 Å². The molecule has 1 aromatic heterocycles. The molecular formula is C19H30N4O2S2. The molecule has 3 rings (SSSR count). The lowest BCUT2D eigenvalue weighted by molar-refractivity contribution is -0.139. The van der Waals surface area contributed by atoms with Crippen molar-refractivity contribution in [2.75, 3.05) is 25.4 Å². The van der Waals surface area contributed by atoms with Gasteiger partial charge in [-0.15, -0.1) is 10.2 Å². The maximum Gasteiger partial charge on any atom is 0.224 e. The van der Waals surface area contributed by atoms with Gasteiger partial charge < -0.3 is 10.2 Å². The van der Waals surface area contributed by atoms with Gasteiger partial charge in [-0.25, -0.2) is 0 Å². The highest BCUT2D eigenvalue weighted by molar-refractivity contribution is 8.01. The summed E-state index contributed by atoms with van der Waals surface area (Å²) in [6, 6.07) is 0. The maximum atomic E-state index is 12.5. The van der Waals surface area contributed by atoms with E-state index in [9.17, 15) is 9.59 Å². The predicted octanol–water partition coefficient (Wildman–Crippen LogP) is 3.26. The van der Waals surface area contributed by atoms with Crippen LogP contribution in [0.15, 0.2) is 4.34 Å². The zero-order valence-electron chi connectivity index (χ0n) is 16.1. The zero-order valence-corrected chi connectivity index (χ0v) is 17.7. The fraction of sp³-hybridized carbons (Fsp3) is 0.789. The number of thioether (sulfide) groups is 1. The Bertz CT molecular complexity index is 631. The van der Waals surface area contributed by atoms with Crippen molar-refractivity contribution in [3.05, 3.63) is 5.01 Å². The second kappa shape index (κ2) is 10.4. The molecule has 1 saturated carbocycles. The molecule has 8 heteroatoms. The van der Waals surface area contributed by atoms with Gasteiger partial charge in [0.25, 0.3) is 0 Å². The zero-order chi connectivity index (χ0) is 19.1. The Balaban J connectivity index is 1.35. The molecular weight excluding hydrogens is 380 g/mol. The van der Waals surface area contributed by atoms with E-state index in [1.165, 1.54) is 32.1 Å². The molecule has 1 N–H and O–H groups in total. The van der Waals surface area contributed by atoms with Crippen LogP contribution in [0.2, 0.25) is 0 Å². The first-order valence-electron chi connectivity index (χ1n) is 10.1. The molecule has 0 aromatic carbocycles. The molecule has 1 atom stereocenters. The standard InChI is InChI=1S/C19H30N4O2S2/c1-14-21-22-19(27-14)26-11-5-10-20-18(25)16-8-9-17(24)23(13-16)12-15-6-3-2-4-7-15/h15-16H,2-13H2,1H3,(H,20,25). The number of carbonyl (C=O) groups is 2. The molecule has 1 aliphatic heterocycles. The van der Waals surface area contributed by atoms with E-state index < -0.39 is 0 Å². The normalized spacial score (nSPS) is 21.4. The Morgan fingerprint density at radius 3 is 2.81 bits per heavy atom. The monoisotopic (exact) mass is 410 g/mol. The summed E-state index contributed by atoms with van der Waals surface area (Å²) in [5.74, 6) is 1.84. The lowest BCUT2D eigenvalue weighted by Gasteiger charge is -2.35. The largest absolute Gasteiger partial charge is 0.356 e. The topological polar surface area (TPSA) is 75.2 Å². The molecule has 0 spiro atoms. The molecule has 2 heterocycles. The minimum Gasteiger partial charge on any atom is -0.356 e. The van der Waals surface area contributed by atoms with Gasteiger partial charge in [-0.1, -0.05) is 42.4 Å². The van der Waals surface area contributed by atoms with Crippen LogP contribution in [0.3, 0.4) is 0 Å². The SMILES string of the molecule is Cc1nnc(SCCCNC(=O)C2CCC(=O)N(CC3CCCCC3)C2)s1. The Morgan fingerprint density at radius 1 is 1.26 bits per heavy atom. The van der Waals surface area contributed by atoms with Crippen LogP contribution in [-0.2, 0) is 9.59 Å². The molecule has 1 unspecified atom stereocenters. The number of likely N-dealkylation sites (tertiary alicyclic amines) is 1. The lowest BCUT2D eigenvalue weighted by atomic mass is 9.87. The van der Waals surface area contributed by atoms with Crippen molar-refractivity contribution in [1.82, 2.24) is 20.4 Å². The molecule has 150 valence electrons. The van der Waals surface area contributed by atoms with Gasteiger partial charge in [0, 0.05) is 31.8 Å². The predicted molar refractivity (Wildman–Crippen MR) is 109 cm³/mol. The van der Waals surface area contributed by atoms with Crippen molar-refractivity contribution >= 4 is 34.9 Å². The molecule has 0 radical (unpaired) electrons. The molecule has 1 aromatic rings. The van der Waals surface area contributed by atoms with Crippen molar-refractivity contribution < 1.29 is 9.59 Å². The molecule has 1 aliphatic carbocycles. The van der Waals surface area contributed by atoms with E-state index in [4.69, 9.17) is 0 Å². The lowest BCUT2D eigenvalue weighted by Crippen LogP contribution is -2.47. The van der Waals surface area contributed by atoms with Gasteiger partial charge in [0.05, 0.1) is 5.92 Å². The Labute approximate surface area is 169 Å². The van der Waals surface area contributed by atoms with Crippen LogP contribution in [0.25, 0.3) is 0 Å². The molecule has 27 heavy (non-hydrogen) atoms. The van der Waals surface area contributed by atoms with Gasteiger partial charge in [0.15, 0.2) is 4.34 Å². The maximum absolute atomic E-state index is 12.5. The first kappa shape index (κ1) is 20.6. The fourth-order valence-electron chi connectivity index (χ4n) is 3.91. The van der Waals surface area contributed by atoms with E-state index in [-0.39, 0.29) is 17.7 Å². The summed E-state index contributed by atoms with van der Waals surface area (Å²) >= 11 is 3.29. The summed E-state index contributed by atoms with van der Waals surface area (Å²) in [6.07, 6.45) is 8.45. The highest BCUT2D eigenvalue weighted by atomic mass is 32.2. The average Bonchev–Trinajstić information content (AvgIpc) is 3.09. The molecule has 2 aliphatic rings. The van der Waals surface area contributed by atoms with Crippen LogP contribution in [-0.4, -0.2) is 52.3 Å². The third kappa shape index (κ3) is 6.45. The smallest absolute Gasteiger partial charge is 0.224 e. The number of nitrogens with zero attached hydrogens (tertiary/aromatic N) is 3. The number of rotatable bonds is 8. The van der Waals surface area contributed by atoms with Crippen LogP contribution in [0, 0.1) is 18.8 Å². The van der Waals surface area contributed by atoms with Gasteiger partial charge >= 0.3 is 0 Å². The third-order valence-corrected chi connectivity index (χ3v) is 7.49. The Kier molecular flexibility index (Phi) is 7.93. The molecule has 0 bridgehead atoms. The highest BCUT2D eigenvalue weighted by Crippen LogP contribution is 2.27. The van der Waals surface area contributed by atoms with Gasteiger partial charge in [-0.05, 0) is 38.5 Å². The minimum atomic E-state index is -0.0512. The summed E-state index contributed by atoms with van der Waals surface area (Å²) in [5.41, 5.74) is 0. The van der Waals surface area contributed by atoms with E-state index in [1.54, 1.807) is 23.1 Å². The van der Waals surface area contributed by atoms with E-state index >= 15 is 0 Å². The van der Waals surface area contributed by atoms with Crippen molar-refractivity contribution in [2.45, 2.75) is 62.6 Å². The minimum absolute atomic E-state index is 0.0512. The second-order valence-corrected chi connectivity index (χ2v) is 10.1. The first-order valence-corrected chi connectivity index (χ1v) is 11.9. The van der Waals surface area contributed by atoms with Crippen LogP contribution in [0.4, 0.5) is 0 Å². The Hall–Kier alpha value is -1.15. The summed E-state index contributed by atoms with van der Waals surface area (Å²) in [5, 5.41) is 12.1. The van der Waals surface area contributed by atoms with Crippen molar-refractivity contribution in [3.8, 4) is 0 Å². The summed E-state index contributed by atoms with van der Waals surface area (Å²) in [6.45, 7) is 4.08. The van der Waals surface area contributed by atoms with Crippen LogP contribution < -0.4 is 5.32 Å². The van der Waals surface area contributed by atoms with E-state index in [0.717, 1.165) is 28.1 Å². The van der Waals surface area contributed by atoms with Crippen molar-refractivity contribution in [2.24, 2.45) is 11.8 Å². The number of nitrogens with one attached hydrogen (secondary N) is 1. The van der Waals surface area contributed by atoms with Crippen molar-refractivity contribution in [3.63, 3.8) is 0 Å². The number of piperidine rings is 1. The third-order valence-electron chi connectivity index (χ3n) is 5.43. The summed E-state index contributed by atoms with van der Waals surface area (Å²) in [7, 11) is 0. The number of hydrogen-bond donors (Lipinski definition) is 1. The molecule has 2 amide bonds. The number of amides is 2. The quantitative estimate of drug-likeness (QED) is 0.526. The van der Waals surface area contributed by atoms with Gasteiger partial charge in [-0.3, -0.25) is 9.59 Å². The number of aryl methyl sites for hydroxylation is 1. The summed E-state index contributed by atoms with van der Waals surface area (Å²) in [4.78, 5) is 26.7.